The first kappa shape index (κ1) is 17.8. The molecule has 3 rings (SSSR count). The molecule has 0 aromatic carbocycles. The lowest BCUT2D eigenvalue weighted by molar-refractivity contribution is -0.112. The maximum atomic E-state index is 13.4. The lowest BCUT2D eigenvalue weighted by Gasteiger charge is -2.31. The molecule has 0 saturated heterocycles. The first-order valence-electron chi connectivity index (χ1n) is 8.06. The normalized spacial score (nSPS) is 18.3. The van der Waals surface area contributed by atoms with E-state index in [1.165, 1.54) is 12.2 Å². The third-order valence-corrected chi connectivity index (χ3v) is 4.00. The highest BCUT2D eigenvalue weighted by Gasteiger charge is 2.31. The predicted molar refractivity (Wildman–Crippen MR) is 94.3 cm³/mol. The third kappa shape index (κ3) is 3.65. The fourth-order valence-electron chi connectivity index (χ4n) is 2.55. The summed E-state index contributed by atoms with van der Waals surface area (Å²) in [5, 5.41) is 6.40. The van der Waals surface area contributed by atoms with Gasteiger partial charge in [-0.15, -0.1) is 0 Å². The van der Waals surface area contributed by atoms with Crippen molar-refractivity contribution < 1.29 is 13.6 Å². The number of aromatic nitrogens is 1. The summed E-state index contributed by atoms with van der Waals surface area (Å²) in [5.74, 6) is 5.69. The number of nitrogens with zero attached hydrogens (tertiary/aromatic N) is 2. The van der Waals surface area contributed by atoms with Gasteiger partial charge in [0.25, 0.3) is 12.3 Å². The Morgan fingerprint density at radius 1 is 1.46 bits per heavy atom. The fraction of sp³-hybridized carbons (Fsp3) is 0.222. The van der Waals surface area contributed by atoms with Gasteiger partial charge in [0.2, 0.25) is 0 Å². The lowest BCUT2D eigenvalue weighted by atomic mass is 10.1. The van der Waals surface area contributed by atoms with Crippen LogP contribution in [-0.2, 0) is 4.79 Å². The molecule has 1 amide bonds. The van der Waals surface area contributed by atoms with Crippen molar-refractivity contribution in [2.75, 3.05) is 5.32 Å². The maximum Gasteiger partial charge on any atom is 0.280 e. The van der Waals surface area contributed by atoms with Gasteiger partial charge in [0, 0.05) is 11.4 Å². The van der Waals surface area contributed by atoms with E-state index in [1.807, 2.05) is 0 Å². The number of alkyl halides is 2. The van der Waals surface area contributed by atoms with Crippen LogP contribution in [0.1, 0.15) is 18.5 Å². The zero-order valence-corrected chi connectivity index (χ0v) is 14.2. The summed E-state index contributed by atoms with van der Waals surface area (Å²) in [6, 6.07) is 5.17. The number of amides is 1. The van der Waals surface area contributed by atoms with Gasteiger partial charge in [0.15, 0.2) is 0 Å². The van der Waals surface area contributed by atoms with Crippen molar-refractivity contribution in [2.45, 2.75) is 26.2 Å². The van der Waals surface area contributed by atoms with Crippen LogP contribution in [0.4, 0.5) is 14.6 Å². The van der Waals surface area contributed by atoms with Crippen molar-refractivity contribution in [3.8, 4) is 0 Å². The van der Waals surface area contributed by atoms with Gasteiger partial charge in [-0.3, -0.25) is 9.80 Å². The van der Waals surface area contributed by atoms with Crippen molar-refractivity contribution in [3.05, 3.63) is 71.0 Å². The molecular weight excluding hydrogens is 340 g/mol. The van der Waals surface area contributed by atoms with Crippen LogP contribution in [0.15, 0.2) is 65.3 Å². The van der Waals surface area contributed by atoms with Crippen molar-refractivity contribution >= 4 is 11.7 Å². The monoisotopic (exact) mass is 359 g/mol. The molecule has 1 saturated carbocycles. The Labute approximate surface area is 149 Å². The number of allylic oxidation sites excluding steroid dienone is 3. The highest BCUT2D eigenvalue weighted by Crippen LogP contribution is 2.35. The summed E-state index contributed by atoms with van der Waals surface area (Å²) in [5.41, 5.74) is 1.96. The number of nitrogens with two attached hydrogens (primary N) is 1. The van der Waals surface area contributed by atoms with Gasteiger partial charge < -0.3 is 10.6 Å². The predicted octanol–water partition coefficient (Wildman–Crippen LogP) is 2.70. The van der Waals surface area contributed by atoms with Crippen molar-refractivity contribution in [3.63, 3.8) is 0 Å². The van der Waals surface area contributed by atoms with Gasteiger partial charge in [-0.2, -0.15) is 0 Å². The minimum Gasteiger partial charge on any atom is -0.340 e. The second-order valence-corrected chi connectivity index (χ2v) is 5.97. The summed E-state index contributed by atoms with van der Waals surface area (Å²) < 4.78 is 26.7. The van der Waals surface area contributed by atoms with Gasteiger partial charge in [-0.05, 0) is 43.5 Å². The zero-order chi connectivity index (χ0) is 18.8. The van der Waals surface area contributed by atoms with Crippen LogP contribution in [0.3, 0.4) is 0 Å². The number of hydrazine groups is 1. The number of halogens is 2. The Bertz CT molecular complexity index is 851. The van der Waals surface area contributed by atoms with Gasteiger partial charge in [-0.1, -0.05) is 18.7 Å². The van der Waals surface area contributed by atoms with Crippen LogP contribution in [0, 0.1) is 6.92 Å². The molecule has 2 aliphatic rings. The Hall–Kier alpha value is -3.00. The average molecular weight is 359 g/mol. The van der Waals surface area contributed by atoms with Gasteiger partial charge in [0.05, 0.1) is 5.57 Å². The molecule has 2 heterocycles. The first-order chi connectivity index (χ1) is 12.4. The molecule has 0 unspecified atom stereocenters. The topological polar surface area (TPSA) is 83.3 Å². The van der Waals surface area contributed by atoms with Crippen LogP contribution in [-0.4, -0.2) is 22.3 Å². The summed E-state index contributed by atoms with van der Waals surface area (Å²) in [7, 11) is 0. The number of aryl methyl sites for hydroxylation is 1. The van der Waals surface area contributed by atoms with Crippen LogP contribution in [0.5, 0.6) is 0 Å². The molecule has 4 N–H and O–H groups in total. The Morgan fingerprint density at radius 2 is 2.19 bits per heavy atom. The van der Waals surface area contributed by atoms with Crippen molar-refractivity contribution in [1.29, 1.82) is 0 Å². The molecule has 1 aliphatic carbocycles. The van der Waals surface area contributed by atoms with E-state index in [0.29, 0.717) is 11.5 Å². The fourth-order valence-corrected chi connectivity index (χ4v) is 2.55. The molecule has 6 nitrogen and oxygen atoms in total. The molecule has 0 bridgehead atoms. The first-order valence-corrected chi connectivity index (χ1v) is 8.06. The molecule has 136 valence electrons. The molecule has 0 spiro atoms. The van der Waals surface area contributed by atoms with Crippen molar-refractivity contribution in [2.24, 2.45) is 5.84 Å². The molecular formula is C18H19F2N5O. The van der Waals surface area contributed by atoms with E-state index in [9.17, 15) is 13.6 Å². The van der Waals surface area contributed by atoms with Crippen LogP contribution in [0.25, 0.3) is 0 Å². The van der Waals surface area contributed by atoms with Gasteiger partial charge in [-0.25, -0.2) is 19.6 Å². The van der Waals surface area contributed by atoms with E-state index >= 15 is 0 Å². The largest absolute Gasteiger partial charge is 0.340 e. The number of carbonyl (C=O) groups excluding carboxylic acids is 1. The Morgan fingerprint density at radius 3 is 2.77 bits per heavy atom. The van der Waals surface area contributed by atoms with E-state index in [0.717, 1.165) is 29.1 Å². The van der Waals surface area contributed by atoms with E-state index in [2.05, 4.69) is 22.2 Å². The molecule has 8 heteroatoms. The number of hydrogen-bond acceptors (Lipinski definition) is 5. The van der Waals surface area contributed by atoms with E-state index in [1.54, 1.807) is 25.1 Å². The highest BCUT2D eigenvalue weighted by atomic mass is 19.3. The number of pyridine rings is 1. The summed E-state index contributed by atoms with van der Waals surface area (Å²) in [6.45, 7) is 5.41. The number of carbonyl (C=O) groups is 1. The number of anilines is 1. The molecule has 0 radical (unpaired) electrons. The number of nitrogens with one attached hydrogen (secondary N) is 2. The molecule has 0 atom stereocenters. The smallest absolute Gasteiger partial charge is 0.280 e. The second kappa shape index (κ2) is 7.09. The summed E-state index contributed by atoms with van der Waals surface area (Å²) in [6.07, 6.45) is 1.47. The quantitative estimate of drug-likeness (QED) is 0.569. The molecule has 1 aromatic rings. The van der Waals surface area contributed by atoms with Gasteiger partial charge in [0.1, 0.15) is 17.3 Å². The standard InChI is InChI=1S/C18H19F2N5O/c1-3-12(18(26)24-15-6-4-5-10(2)22-15)17-23-13(11-7-8-11)9-14(16(19)20)25(17)21/h3-6,9,16,23H,1,7-8,21H2,2H3,(H,22,24,26)/b17-12+. The third-order valence-electron chi connectivity index (χ3n) is 4.00. The summed E-state index contributed by atoms with van der Waals surface area (Å²) in [4.78, 5) is 16.8. The summed E-state index contributed by atoms with van der Waals surface area (Å²) >= 11 is 0. The van der Waals surface area contributed by atoms with E-state index in [4.69, 9.17) is 5.84 Å². The highest BCUT2D eigenvalue weighted by molar-refractivity contribution is 6.05. The maximum absolute atomic E-state index is 13.4. The SMILES string of the molecule is C=C/C(C(=O)Nc1cccc(C)n1)=C1/NC(=C2CC2)C=C(C(F)F)N1N. The second-order valence-electron chi connectivity index (χ2n) is 5.97. The van der Waals surface area contributed by atoms with Crippen LogP contribution in [0.2, 0.25) is 0 Å². The average Bonchev–Trinajstić information content (AvgIpc) is 3.41. The van der Waals surface area contributed by atoms with Crippen LogP contribution >= 0.6 is 0 Å². The number of rotatable bonds is 4. The van der Waals surface area contributed by atoms with Crippen LogP contribution < -0.4 is 16.5 Å². The Balaban J connectivity index is 1.97. The van der Waals surface area contributed by atoms with Crippen molar-refractivity contribution in [1.82, 2.24) is 15.3 Å². The minimum absolute atomic E-state index is 0.0424. The minimum atomic E-state index is -2.78. The Kier molecular flexibility index (Phi) is 4.85. The lowest BCUT2D eigenvalue weighted by Crippen LogP contribution is -2.43. The molecule has 26 heavy (non-hydrogen) atoms. The molecule has 1 fully saturated rings. The molecule has 1 aliphatic heterocycles. The van der Waals surface area contributed by atoms with Gasteiger partial charge >= 0.3 is 0 Å². The molecule has 1 aromatic heterocycles. The number of hydrogen-bond donors (Lipinski definition) is 3. The zero-order valence-electron chi connectivity index (χ0n) is 14.2. The van der Waals surface area contributed by atoms with E-state index in [-0.39, 0.29) is 17.1 Å². The van der Waals surface area contributed by atoms with E-state index < -0.39 is 12.3 Å².